The topological polar surface area (TPSA) is 61.6 Å². The van der Waals surface area contributed by atoms with Crippen molar-refractivity contribution in [1.29, 1.82) is 0 Å². The Kier molecular flexibility index (Phi) is 6.08. The van der Waals surface area contributed by atoms with Gasteiger partial charge in [-0.1, -0.05) is 13.8 Å². The smallest absolute Gasteiger partial charge is 0.323 e. The van der Waals surface area contributed by atoms with Gasteiger partial charge in [0.25, 0.3) is 0 Å². The van der Waals surface area contributed by atoms with Crippen molar-refractivity contribution in [3.63, 3.8) is 0 Å². The summed E-state index contributed by atoms with van der Waals surface area (Å²) in [5.41, 5.74) is 5.62. The molecule has 1 aliphatic rings. The minimum absolute atomic E-state index is 0. The van der Waals surface area contributed by atoms with Crippen LogP contribution in [0.5, 0.6) is 0 Å². The predicted molar refractivity (Wildman–Crippen MR) is 55.4 cm³/mol. The van der Waals surface area contributed by atoms with Gasteiger partial charge < -0.3 is 15.2 Å². The van der Waals surface area contributed by atoms with Gasteiger partial charge in [-0.25, -0.2) is 0 Å². The van der Waals surface area contributed by atoms with Crippen LogP contribution in [0.3, 0.4) is 0 Å². The van der Waals surface area contributed by atoms with Crippen molar-refractivity contribution in [1.82, 2.24) is 0 Å². The summed E-state index contributed by atoms with van der Waals surface area (Å²) < 4.78 is 10.2. The third-order valence-corrected chi connectivity index (χ3v) is 2.16. The summed E-state index contributed by atoms with van der Waals surface area (Å²) in [5.74, 6) is -0.194. The van der Waals surface area contributed by atoms with Crippen LogP contribution >= 0.6 is 12.4 Å². The Labute approximate surface area is 90.5 Å². The molecule has 0 aliphatic carbocycles. The van der Waals surface area contributed by atoms with Gasteiger partial charge >= 0.3 is 5.97 Å². The lowest BCUT2D eigenvalue weighted by atomic mass is 10.1. The number of halogens is 1. The molecular weight excluding hydrogens is 206 g/mol. The summed E-state index contributed by atoms with van der Waals surface area (Å²) in [6.45, 7) is 4.99. The molecule has 2 atom stereocenters. The highest BCUT2D eigenvalue weighted by Gasteiger charge is 2.25. The average molecular weight is 224 g/mol. The zero-order valence-corrected chi connectivity index (χ0v) is 9.38. The first kappa shape index (κ1) is 13.7. The van der Waals surface area contributed by atoms with Crippen molar-refractivity contribution < 1.29 is 14.3 Å². The Hall–Kier alpha value is -0.320. The van der Waals surface area contributed by atoms with Crippen LogP contribution in [-0.4, -0.2) is 31.3 Å². The number of ether oxygens (including phenoxy) is 2. The standard InChI is InChI=1S/C9H17NO3.ClH/c1-6(2)8(10)9(11)13-7-3-4-12-5-7;/h6-8H,3-5,10H2,1-2H3;1H. The third kappa shape index (κ3) is 3.82. The highest BCUT2D eigenvalue weighted by Crippen LogP contribution is 2.10. The van der Waals surface area contributed by atoms with Gasteiger partial charge in [-0.15, -0.1) is 12.4 Å². The van der Waals surface area contributed by atoms with Crippen LogP contribution in [0.4, 0.5) is 0 Å². The van der Waals surface area contributed by atoms with E-state index in [1.165, 1.54) is 0 Å². The van der Waals surface area contributed by atoms with E-state index in [1.54, 1.807) is 0 Å². The molecule has 0 aromatic carbocycles. The number of hydrogen-bond donors (Lipinski definition) is 1. The maximum atomic E-state index is 11.3. The molecule has 0 spiro atoms. The van der Waals surface area contributed by atoms with Crippen LogP contribution in [0.15, 0.2) is 0 Å². The SMILES string of the molecule is CC(C)C(N)C(=O)OC1CCOC1.Cl. The van der Waals surface area contributed by atoms with E-state index in [0.717, 1.165) is 6.42 Å². The van der Waals surface area contributed by atoms with Crippen molar-refractivity contribution in [2.45, 2.75) is 32.4 Å². The minimum atomic E-state index is -0.513. The van der Waals surface area contributed by atoms with Crippen LogP contribution < -0.4 is 5.73 Å². The molecule has 0 aromatic heterocycles. The van der Waals surface area contributed by atoms with Crippen LogP contribution in [0.1, 0.15) is 20.3 Å². The molecule has 2 N–H and O–H groups in total. The molecular formula is C9H18ClNO3. The number of hydrogen-bond acceptors (Lipinski definition) is 4. The van der Waals surface area contributed by atoms with E-state index >= 15 is 0 Å². The minimum Gasteiger partial charge on any atom is -0.459 e. The zero-order valence-electron chi connectivity index (χ0n) is 8.56. The van der Waals surface area contributed by atoms with E-state index in [0.29, 0.717) is 13.2 Å². The van der Waals surface area contributed by atoms with E-state index < -0.39 is 6.04 Å². The first-order valence-electron chi connectivity index (χ1n) is 4.65. The fraction of sp³-hybridized carbons (Fsp3) is 0.889. The molecule has 1 rings (SSSR count). The number of carbonyl (C=O) groups is 1. The fourth-order valence-electron chi connectivity index (χ4n) is 1.12. The Balaban J connectivity index is 0.00000169. The molecule has 5 heteroatoms. The van der Waals surface area contributed by atoms with E-state index in [4.69, 9.17) is 15.2 Å². The maximum Gasteiger partial charge on any atom is 0.323 e. The molecule has 14 heavy (non-hydrogen) atoms. The Morgan fingerprint density at radius 1 is 1.57 bits per heavy atom. The molecule has 2 unspecified atom stereocenters. The van der Waals surface area contributed by atoms with Gasteiger partial charge in [0.1, 0.15) is 12.1 Å². The molecule has 4 nitrogen and oxygen atoms in total. The van der Waals surface area contributed by atoms with Gasteiger partial charge in [-0.2, -0.15) is 0 Å². The molecule has 1 heterocycles. The largest absolute Gasteiger partial charge is 0.459 e. The lowest BCUT2D eigenvalue weighted by Crippen LogP contribution is -2.39. The maximum absolute atomic E-state index is 11.3. The average Bonchev–Trinajstić information content (AvgIpc) is 2.55. The second-order valence-electron chi connectivity index (χ2n) is 3.69. The van der Waals surface area contributed by atoms with E-state index in [2.05, 4.69) is 0 Å². The van der Waals surface area contributed by atoms with Crippen molar-refractivity contribution in [2.75, 3.05) is 13.2 Å². The second kappa shape index (κ2) is 6.22. The quantitative estimate of drug-likeness (QED) is 0.717. The molecule has 0 saturated carbocycles. The lowest BCUT2D eigenvalue weighted by Gasteiger charge is -2.17. The fourth-order valence-corrected chi connectivity index (χ4v) is 1.12. The summed E-state index contributed by atoms with van der Waals surface area (Å²) in [7, 11) is 0. The van der Waals surface area contributed by atoms with Crippen molar-refractivity contribution in [3.8, 4) is 0 Å². The van der Waals surface area contributed by atoms with E-state index in [9.17, 15) is 4.79 Å². The highest BCUT2D eigenvalue weighted by molar-refractivity contribution is 5.85. The van der Waals surface area contributed by atoms with Crippen molar-refractivity contribution in [2.24, 2.45) is 11.7 Å². The van der Waals surface area contributed by atoms with E-state index in [1.807, 2.05) is 13.8 Å². The van der Waals surface area contributed by atoms with Crippen LogP contribution in [0.2, 0.25) is 0 Å². The monoisotopic (exact) mass is 223 g/mol. The van der Waals surface area contributed by atoms with Gasteiger partial charge in [-0.05, 0) is 5.92 Å². The summed E-state index contributed by atoms with van der Waals surface area (Å²) in [6.07, 6.45) is 0.702. The molecule has 1 fully saturated rings. The number of esters is 1. The molecule has 1 aliphatic heterocycles. The third-order valence-electron chi connectivity index (χ3n) is 2.16. The number of rotatable bonds is 3. The van der Waals surface area contributed by atoms with Crippen molar-refractivity contribution in [3.05, 3.63) is 0 Å². The Bertz CT molecular complexity index is 181. The number of nitrogens with two attached hydrogens (primary N) is 1. The Morgan fingerprint density at radius 3 is 2.64 bits per heavy atom. The summed E-state index contributed by atoms with van der Waals surface area (Å²) in [5, 5.41) is 0. The van der Waals surface area contributed by atoms with Gasteiger partial charge in [0.05, 0.1) is 13.2 Å². The predicted octanol–water partition coefficient (Wildman–Crippen LogP) is 0.724. The van der Waals surface area contributed by atoms with Crippen LogP contribution in [-0.2, 0) is 14.3 Å². The lowest BCUT2D eigenvalue weighted by molar-refractivity contribution is -0.151. The van der Waals surface area contributed by atoms with Gasteiger partial charge in [0.15, 0.2) is 0 Å². The molecule has 0 amide bonds. The summed E-state index contributed by atoms with van der Waals surface area (Å²) in [6, 6.07) is -0.513. The summed E-state index contributed by atoms with van der Waals surface area (Å²) >= 11 is 0. The molecule has 0 radical (unpaired) electrons. The van der Waals surface area contributed by atoms with Crippen molar-refractivity contribution >= 4 is 18.4 Å². The van der Waals surface area contributed by atoms with Gasteiger partial charge in [-0.3, -0.25) is 4.79 Å². The Morgan fingerprint density at radius 2 is 2.21 bits per heavy atom. The summed E-state index contributed by atoms with van der Waals surface area (Å²) in [4.78, 5) is 11.3. The number of carbonyl (C=O) groups excluding carboxylic acids is 1. The van der Waals surface area contributed by atoms with Crippen LogP contribution in [0, 0.1) is 5.92 Å². The first-order valence-corrected chi connectivity index (χ1v) is 4.65. The molecule has 1 saturated heterocycles. The van der Waals surface area contributed by atoms with Crippen LogP contribution in [0.25, 0.3) is 0 Å². The normalized spacial score (nSPS) is 23.0. The molecule has 0 aromatic rings. The first-order chi connectivity index (χ1) is 6.11. The zero-order chi connectivity index (χ0) is 9.84. The molecule has 0 bridgehead atoms. The van der Waals surface area contributed by atoms with Gasteiger partial charge in [0, 0.05) is 6.42 Å². The van der Waals surface area contributed by atoms with E-state index in [-0.39, 0.29) is 30.4 Å². The highest BCUT2D eigenvalue weighted by atomic mass is 35.5. The van der Waals surface area contributed by atoms with Gasteiger partial charge in [0.2, 0.25) is 0 Å². The second-order valence-corrected chi connectivity index (χ2v) is 3.69. The molecule has 84 valence electrons.